The van der Waals surface area contributed by atoms with Crippen LogP contribution in [0.2, 0.25) is 0 Å². The van der Waals surface area contributed by atoms with Gasteiger partial charge in [-0.2, -0.15) is 0 Å². The van der Waals surface area contributed by atoms with Crippen molar-refractivity contribution >= 4 is 11.8 Å². The van der Waals surface area contributed by atoms with Crippen molar-refractivity contribution in [3.63, 3.8) is 0 Å². The number of amides is 1. The maximum atomic E-state index is 11.6. The number of rotatable bonds is 3. The molecule has 1 aromatic heterocycles. The van der Waals surface area contributed by atoms with Crippen LogP contribution in [0.25, 0.3) is 0 Å². The number of pyridine rings is 1. The van der Waals surface area contributed by atoms with E-state index in [1.165, 1.54) is 0 Å². The molecule has 0 radical (unpaired) electrons. The number of methoxy groups -OCH3 is 1. The maximum Gasteiger partial charge on any atom is 0.417 e. The third kappa shape index (κ3) is 3.21. The number of nitrogens with zero attached hydrogens (tertiary/aromatic N) is 1. The number of benzene rings is 1. The number of aromatic nitrogens is 1. The van der Waals surface area contributed by atoms with Crippen molar-refractivity contribution in [2.24, 2.45) is 0 Å². The Morgan fingerprint density at radius 1 is 1.06 bits per heavy atom. The van der Waals surface area contributed by atoms with Crippen molar-refractivity contribution < 1.29 is 14.3 Å². The predicted octanol–water partition coefficient (Wildman–Crippen LogP) is 2.70. The van der Waals surface area contributed by atoms with E-state index < -0.39 is 6.09 Å². The van der Waals surface area contributed by atoms with Crippen molar-refractivity contribution in [2.45, 2.75) is 0 Å². The molecule has 18 heavy (non-hydrogen) atoms. The van der Waals surface area contributed by atoms with E-state index in [2.05, 4.69) is 10.3 Å². The molecule has 0 aliphatic carbocycles. The van der Waals surface area contributed by atoms with Crippen LogP contribution in [-0.4, -0.2) is 18.2 Å². The highest BCUT2D eigenvalue weighted by molar-refractivity contribution is 5.86. The molecule has 0 fully saturated rings. The second-order valence-corrected chi connectivity index (χ2v) is 3.43. The van der Waals surface area contributed by atoms with Crippen LogP contribution < -0.4 is 14.8 Å². The van der Waals surface area contributed by atoms with Gasteiger partial charge in [-0.3, -0.25) is 10.3 Å². The van der Waals surface area contributed by atoms with Crippen molar-refractivity contribution in [1.82, 2.24) is 4.98 Å². The molecule has 92 valence electrons. The third-order valence-electron chi connectivity index (χ3n) is 2.20. The topological polar surface area (TPSA) is 60.5 Å². The molecule has 1 heterocycles. The molecule has 2 aromatic rings. The molecule has 0 aliphatic heterocycles. The minimum absolute atomic E-state index is 0.447. The highest BCUT2D eigenvalue weighted by Crippen LogP contribution is 2.17. The van der Waals surface area contributed by atoms with Gasteiger partial charge in [0.1, 0.15) is 11.5 Å². The molecule has 0 spiro atoms. The molecular formula is C13H12N2O3. The number of anilines is 1. The zero-order valence-corrected chi connectivity index (χ0v) is 9.79. The van der Waals surface area contributed by atoms with Crippen LogP contribution in [-0.2, 0) is 0 Å². The Balaban J connectivity index is 1.94. The van der Waals surface area contributed by atoms with Crippen LogP contribution in [0.3, 0.4) is 0 Å². The van der Waals surface area contributed by atoms with Gasteiger partial charge in [0.05, 0.1) is 7.11 Å². The minimum Gasteiger partial charge on any atom is -0.497 e. The average molecular weight is 244 g/mol. The summed E-state index contributed by atoms with van der Waals surface area (Å²) in [6, 6.07) is 10.1. The van der Waals surface area contributed by atoms with Crippen LogP contribution in [0.4, 0.5) is 10.5 Å². The van der Waals surface area contributed by atoms with Gasteiger partial charge < -0.3 is 9.47 Å². The molecule has 0 aliphatic rings. The summed E-state index contributed by atoms with van der Waals surface area (Å²) in [6.45, 7) is 0. The fraction of sp³-hybridized carbons (Fsp3) is 0.0769. The van der Waals surface area contributed by atoms with Gasteiger partial charge in [-0.05, 0) is 36.4 Å². The summed E-state index contributed by atoms with van der Waals surface area (Å²) in [6.07, 6.45) is 2.62. The van der Waals surface area contributed by atoms with E-state index in [1.54, 1.807) is 55.9 Å². The number of carbonyl (C=O) groups excluding carboxylic acids is 1. The molecule has 5 nitrogen and oxygen atoms in total. The third-order valence-corrected chi connectivity index (χ3v) is 2.20. The lowest BCUT2D eigenvalue weighted by molar-refractivity contribution is 0.215. The number of carbonyl (C=O) groups is 1. The second kappa shape index (κ2) is 5.67. The summed E-state index contributed by atoms with van der Waals surface area (Å²) in [5.41, 5.74) is 0.628. The largest absolute Gasteiger partial charge is 0.497 e. The first-order chi connectivity index (χ1) is 8.78. The monoisotopic (exact) mass is 244 g/mol. The van der Waals surface area contributed by atoms with Gasteiger partial charge in [0.15, 0.2) is 0 Å². The summed E-state index contributed by atoms with van der Waals surface area (Å²) in [7, 11) is 1.58. The van der Waals surface area contributed by atoms with E-state index in [9.17, 15) is 4.79 Å². The van der Waals surface area contributed by atoms with Gasteiger partial charge in [-0.25, -0.2) is 4.79 Å². The first-order valence-corrected chi connectivity index (χ1v) is 5.31. The van der Waals surface area contributed by atoms with E-state index in [4.69, 9.17) is 9.47 Å². The summed E-state index contributed by atoms with van der Waals surface area (Å²) in [5.74, 6) is 1.15. The van der Waals surface area contributed by atoms with Crippen molar-refractivity contribution in [1.29, 1.82) is 0 Å². The maximum absolute atomic E-state index is 11.6. The van der Waals surface area contributed by atoms with E-state index in [0.717, 1.165) is 0 Å². The number of hydrogen-bond acceptors (Lipinski definition) is 4. The lowest BCUT2D eigenvalue weighted by Gasteiger charge is -2.06. The number of ether oxygens (including phenoxy) is 2. The Morgan fingerprint density at radius 2 is 1.67 bits per heavy atom. The summed E-state index contributed by atoms with van der Waals surface area (Å²) >= 11 is 0. The molecule has 5 heteroatoms. The summed E-state index contributed by atoms with van der Waals surface area (Å²) in [4.78, 5) is 15.4. The Morgan fingerprint density at radius 3 is 2.28 bits per heavy atom. The molecule has 0 unspecified atom stereocenters. The van der Waals surface area contributed by atoms with E-state index >= 15 is 0 Å². The van der Waals surface area contributed by atoms with Gasteiger partial charge in [0.25, 0.3) is 0 Å². The van der Waals surface area contributed by atoms with Gasteiger partial charge in [-0.15, -0.1) is 0 Å². The fourth-order valence-electron chi connectivity index (χ4n) is 1.33. The normalized spacial score (nSPS) is 9.61. The van der Waals surface area contributed by atoms with Gasteiger partial charge >= 0.3 is 6.09 Å². The summed E-state index contributed by atoms with van der Waals surface area (Å²) in [5, 5.41) is 2.59. The lowest BCUT2D eigenvalue weighted by Crippen LogP contribution is -2.16. The first kappa shape index (κ1) is 11.9. The molecule has 0 bridgehead atoms. The van der Waals surface area contributed by atoms with Gasteiger partial charge in [0.2, 0.25) is 0 Å². The first-order valence-electron chi connectivity index (χ1n) is 5.31. The van der Waals surface area contributed by atoms with E-state index in [1.807, 2.05) is 0 Å². The minimum atomic E-state index is -0.550. The SMILES string of the molecule is COc1ccc(OC(=O)Nc2ccncc2)cc1. The molecule has 2 rings (SSSR count). The average Bonchev–Trinajstić information content (AvgIpc) is 2.40. The van der Waals surface area contributed by atoms with Crippen LogP contribution in [0, 0.1) is 0 Å². The van der Waals surface area contributed by atoms with E-state index in [0.29, 0.717) is 17.2 Å². The van der Waals surface area contributed by atoms with Gasteiger partial charge in [-0.1, -0.05) is 0 Å². The van der Waals surface area contributed by atoms with Crippen LogP contribution in [0.15, 0.2) is 48.8 Å². The quantitative estimate of drug-likeness (QED) is 0.901. The fourth-order valence-corrected chi connectivity index (χ4v) is 1.33. The highest BCUT2D eigenvalue weighted by atomic mass is 16.6. The Kier molecular flexibility index (Phi) is 3.76. The van der Waals surface area contributed by atoms with Crippen molar-refractivity contribution in [3.05, 3.63) is 48.8 Å². The highest BCUT2D eigenvalue weighted by Gasteiger charge is 2.04. The predicted molar refractivity (Wildman–Crippen MR) is 66.9 cm³/mol. The molecular weight excluding hydrogens is 232 g/mol. The molecule has 0 atom stereocenters. The van der Waals surface area contributed by atoms with Crippen LogP contribution in [0.5, 0.6) is 11.5 Å². The zero-order chi connectivity index (χ0) is 12.8. The number of hydrogen-bond donors (Lipinski definition) is 1. The van der Waals surface area contributed by atoms with Crippen molar-refractivity contribution in [2.75, 3.05) is 12.4 Å². The zero-order valence-electron chi connectivity index (χ0n) is 9.79. The van der Waals surface area contributed by atoms with Crippen molar-refractivity contribution in [3.8, 4) is 11.5 Å². The van der Waals surface area contributed by atoms with E-state index in [-0.39, 0.29) is 0 Å². The molecule has 1 amide bonds. The number of nitrogens with one attached hydrogen (secondary N) is 1. The molecule has 0 saturated heterocycles. The van der Waals surface area contributed by atoms with Gasteiger partial charge in [0, 0.05) is 18.1 Å². The second-order valence-electron chi connectivity index (χ2n) is 3.43. The Hall–Kier alpha value is -2.56. The molecule has 0 saturated carbocycles. The standard InChI is InChI=1S/C13H12N2O3/c1-17-11-2-4-12(5-3-11)18-13(16)15-10-6-8-14-9-7-10/h2-9H,1H3,(H,14,15,16). The summed E-state index contributed by atoms with van der Waals surface area (Å²) < 4.78 is 10.1. The Labute approximate surface area is 104 Å². The smallest absolute Gasteiger partial charge is 0.417 e. The Bertz CT molecular complexity index is 512. The van der Waals surface area contributed by atoms with Crippen LogP contribution >= 0.6 is 0 Å². The van der Waals surface area contributed by atoms with Crippen LogP contribution in [0.1, 0.15) is 0 Å². The lowest BCUT2D eigenvalue weighted by atomic mass is 10.3. The molecule has 1 aromatic carbocycles. The molecule has 1 N–H and O–H groups in total.